The maximum Gasteiger partial charge on any atom is 0.309 e. The first kappa shape index (κ1) is 15.6. The number of hydrogen-bond acceptors (Lipinski definition) is 4. The Balaban J connectivity index is 1.63. The summed E-state index contributed by atoms with van der Waals surface area (Å²) >= 11 is 0. The SMILES string of the molecule is O=C(NCCc1ccccn1)C(=O)NCCc1ccccn1. The van der Waals surface area contributed by atoms with E-state index in [1.807, 2.05) is 36.4 Å². The molecule has 2 N–H and O–H groups in total. The largest absolute Gasteiger partial charge is 0.347 e. The van der Waals surface area contributed by atoms with Gasteiger partial charge in [0.2, 0.25) is 0 Å². The van der Waals surface area contributed by atoms with Crippen LogP contribution in [-0.4, -0.2) is 34.9 Å². The van der Waals surface area contributed by atoms with Crippen LogP contribution < -0.4 is 10.6 Å². The lowest BCUT2D eigenvalue weighted by molar-refractivity contribution is -0.139. The van der Waals surface area contributed by atoms with Crippen molar-refractivity contribution in [3.05, 3.63) is 60.2 Å². The molecule has 0 spiro atoms. The van der Waals surface area contributed by atoms with Gasteiger partial charge >= 0.3 is 11.8 Å². The normalized spacial score (nSPS) is 10.0. The van der Waals surface area contributed by atoms with E-state index in [1.54, 1.807) is 12.4 Å². The van der Waals surface area contributed by atoms with Crippen molar-refractivity contribution in [2.24, 2.45) is 0 Å². The Morgan fingerprint density at radius 2 is 1.23 bits per heavy atom. The number of hydrogen-bond donors (Lipinski definition) is 2. The maximum absolute atomic E-state index is 11.6. The first-order valence-corrected chi connectivity index (χ1v) is 7.11. The summed E-state index contributed by atoms with van der Waals surface area (Å²) in [5.41, 5.74) is 1.75. The molecule has 6 heteroatoms. The first-order chi connectivity index (χ1) is 10.8. The Labute approximate surface area is 129 Å². The predicted molar refractivity (Wildman–Crippen MR) is 81.9 cm³/mol. The number of carbonyl (C=O) groups excluding carboxylic acids is 2. The zero-order chi connectivity index (χ0) is 15.6. The van der Waals surface area contributed by atoms with Gasteiger partial charge in [-0.2, -0.15) is 0 Å². The fourth-order valence-electron chi connectivity index (χ4n) is 1.86. The quantitative estimate of drug-likeness (QED) is 0.760. The second-order valence-corrected chi connectivity index (χ2v) is 4.65. The summed E-state index contributed by atoms with van der Waals surface area (Å²) in [6, 6.07) is 11.2. The van der Waals surface area contributed by atoms with Crippen LogP contribution in [-0.2, 0) is 22.4 Å². The number of nitrogens with zero attached hydrogens (tertiary/aromatic N) is 2. The molecule has 6 nitrogen and oxygen atoms in total. The average Bonchev–Trinajstić information content (AvgIpc) is 2.56. The molecular formula is C16H18N4O2. The zero-order valence-electron chi connectivity index (χ0n) is 12.2. The molecule has 2 aromatic heterocycles. The van der Waals surface area contributed by atoms with Crippen LogP contribution in [0.2, 0.25) is 0 Å². The second-order valence-electron chi connectivity index (χ2n) is 4.65. The lowest BCUT2D eigenvalue weighted by atomic mass is 10.2. The Bertz CT molecular complexity index is 547. The minimum atomic E-state index is -0.628. The average molecular weight is 298 g/mol. The Hall–Kier alpha value is -2.76. The Kier molecular flexibility index (Phi) is 6.04. The minimum absolute atomic E-state index is 0.378. The molecular weight excluding hydrogens is 280 g/mol. The molecule has 0 radical (unpaired) electrons. The van der Waals surface area contributed by atoms with Crippen LogP contribution in [0.3, 0.4) is 0 Å². The van der Waals surface area contributed by atoms with E-state index in [2.05, 4.69) is 20.6 Å². The van der Waals surface area contributed by atoms with Gasteiger partial charge in [0.15, 0.2) is 0 Å². The van der Waals surface area contributed by atoms with Gasteiger partial charge in [0.25, 0.3) is 0 Å². The molecule has 2 heterocycles. The first-order valence-electron chi connectivity index (χ1n) is 7.11. The molecule has 0 fully saturated rings. The molecule has 2 rings (SSSR count). The van der Waals surface area contributed by atoms with Crippen molar-refractivity contribution in [1.82, 2.24) is 20.6 Å². The summed E-state index contributed by atoms with van der Waals surface area (Å²) in [4.78, 5) is 31.5. The highest BCUT2D eigenvalue weighted by Gasteiger charge is 2.11. The molecule has 0 bridgehead atoms. The van der Waals surface area contributed by atoms with Gasteiger partial charge in [-0.25, -0.2) is 0 Å². The molecule has 0 unspecified atom stereocenters. The van der Waals surface area contributed by atoms with Gasteiger partial charge in [0.05, 0.1) is 0 Å². The third-order valence-electron chi connectivity index (χ3n) is 2.99. The van der Waals surface area contributed by atoms with Crippen molar-refractivity contribution >= 4 is 11.8 Å². The van der Waals surface area contributed by atoms with E-state index < -0.39 is 11.8 Å². The van der Waals surface area contributed by atoms with Crippen molar-refractivity contribution in [2.75, 3.05) is 13.1 Å². The number of aromatic nitrogens is 2. The smallest absolute Gasteiger partial charge is 0.309 e. The standard InChI is InChI=1S/C16H18N4O2/c21-15(19-11-7-13-5-1-3-9-17-13)16(22)20-12-8-14-6-2-4-10-18-14/h1-6,9-10H,7-8,11-12H2,(H,19,21)(H,20,22). The van der Waals surface area contributed by atoms with Crippen LogP contribution in [0.15, 0.2) is 48.8 Å². The van der Waals surface area contributed by atoms with E-state index in [4.69, 9.17) is 0 Å². The van der Waals surface area contributed by atoms with Gasteiger partial charge in [-0.3, -0.25) is 19.6 Å². The molecule has 0 aliphatic heterocycles. The highest BCUT2D eigenvalue weighted by Crippen LogP contribution is 1.94. The lowest BCUT2D eigenvalue weighted by Gasteiger charge is -2.06. The van der Waals surface area contributed by atoms with Crippen molar-refractivity contribution < 1.29 is 9.59 Å². The second kappa shape index (κ2) is 8.51. The van der Waals surface area contributed by atoms with Crippen LogP contribution >= 0.6 is 0 Å². The molecule has 114 valence electrons. The van der Waals surface area contributed by atoms with Gasteiger partial charge < -0.3 is 10.6 Å². The molecule has 22 heavy (non-hydrogen) atoms. The van der Waals surface area contributed by atoms with Crippen LogP contribution in [0.4, 0.5) is 0 Å². The van der Waals surface area contributed by atoms with E-state index in [-0.39, 0.29) is 0 Å². The van der Waals surface area contributed by atoms with Crippen LogP contribution in [0, 0.1) is 0 Å². The van der Waals surface area contributed by atoms with Crippen molar-refractivity contribution in [2.45, 2.75) is 12.8 Å². The molecule has 0 atom stereocenters. The van der Waals surface area contributed by atoms with E-state index >= 15 is 0 Å². The Morgan fingerprint density at radius 1 is 0.773 bits per heavy atom. The van der Waals surface area contributed by atoms with Gasteiger partial charge in [-0.1, -0.05) is 12.1 Å². The van der Waals surface area contributed by atoms with Crippen molar-refractivity contribution in [1.29, 1.82) is 0 Å². The minimum Gasteiger partial charge on any atom is -0.347 e. The van der Waals surface area contributed by atoms with Crippen LogP contribution in [0.25, 0.3) is 0 Å². The monoisotopic (exact) mass is 298 g/mol. The maximum atomic E-state index is 11.6. The van der Waals surface area contributed by atoms with Crippen molar-refractivity contribution in [3.8, 4) is 0 Å². The fourth-order valence-corrected chi connectivity index (χ4v) is 1.86. The van der Waals surface area contributed by atoms with E-state index in [0.29, 0.717) is 25.9 Å². The summed E-state index contributed by atoms with van der Waals surface area (Å²) in [6.07, 6.45) is 4.57. The van der Waals surface area contributed by atoms with Gasteiger partial charge in [0, 0.05) is 49.7 Å². The molecule has 2 amide bonds. The molecule has 0 aliphatic rings. The molecule has 0 saturated heterocycles. The number of amides is 2. The summed E-state index contributed by atoms with van der Waals surface area (Å²) < 4.78 is 0. The summed E-state index contributed by atoms with van der Waals surface area (Å²) in [5.74, 6) is -1.26. The van der Waals surface area contributed by atoms with E-state index in [1.165, 1.54) is 0 Å². The lowest BCUT2D eigenvalue weighted by Crippen LogP contribution is -2.41. The Morgan fingerprint density at radius 3 is 1.59 bits per heavy atom. The van der Waals surface area contributed by atoms with Crippen LogP contribution in [0.1, 0.15) is 11.4 Å². The van der Waals surface area contributed by atoms with Crippen molar-refractivity contribution in [3.63, 3.8) is 0 Å². The van der Waals surface area contributed by atoms with E-state index in [9.17, 15) is 9.59 Å². The topological polar surface area (TPSA) is 84.0 Å². The zero-order valence-corrected chi connectivity index (χ0v) is 12.2. The molecule has 2 aromatic rings. The molecule has 0 aliphatic carbocycles. The van der Waals surface area contributed by atoms with Gasteiger partial charge in [-0.05, 0) is 24.3 Å². The van der Waals surface area contributed by atoms with Crippen LogP contribution in [0.5, 0.6) is 0 Å². The summed E-state index contributed by atoms with van der Waals surface area (Å²) in [6.45, 7) is 0.757. The molecule has 0 aromatic carbocycles. The van der Waals surface area contributed by atoms with E-state index in [0.717, 1.165) is 11.4 Å². The summed E-state index contributed by atoms with van der Waals surface area (Å²) in [5, 5.41) is 5.15. The predicted octanol–water partition coefficient (Wildman–Crippen LogP) is 0.494. The number of rotatable bonds is 6. The van der Waals surface area contributed by atoms with Gasteiger partial charge in [0.1, 0.15) is 0 Å². The fraction of sp³-hybridized carbons (Fsp3) is 0.250. The third-order valence-corrected chi connectivity index (χ3v) is 2.99. The third kappa shape index (κ3) is 5.32. The molecule has 0 saturated carbocycles. The number of pyridine rings is 2. The highest BCUT2D eigenvalue weighted by atomic mass is 16.2. The van der Waals surface area contributed by atoms with Gasteiger partial charge in [-0.15, -0.1) is 0 Å². The number of carbonyl (C=O) groups is 2. The summed E-state index contributed by atoms with van der Waals surface area (Å²) in [7, 11) is 0. The number of nitrogens with one attached hydrogen (secondary N) is 2. The highest BCUT2D eigenvalue weighted by molar-refractivity contribution is 6.35.